The quantitative estimate of drug-likeness (QED) is 0.852. The predicted octanol–water partition coefficient (Wildman–Crippen LogP) is 2.94. The van der Waals surface area contributed by atoms with E-state index in [1.807, 2.05) is 12.5 Å². The van der Waals surface area contributed by atoms with Gasteiger partial charge in [0.2, 0.25) is 0 Å². The Bertz CT molecular complexity index is 352. The number of hydrogen-bond donors (Lipinski definition) is 1. The van der Waals surface area contributed by atoms with Crippen LogP contribution in [0.2, 0.25) is 0 Å². The van der Waals surface area contributed by atoms with Crippen molar-refractivity contribution in [2.24, 2.45) is 17.6 Å². The summed E-state index contributed by atoms with van der Waals surface area (Å²) in [6.07, 6.45) is 8.13. The molecule has 0 amide bonds. The van der Waals surface area contributed by atoms with Crippen molar-refractivity contribution in [3.8, 4) is 0 Å². The van der Waals surface area contributed by atoms with Crippen LogP contribution in [0.4, 0.5) is 0 Å². The summed E-state index contributed by atoms with van der Waals surface area (Å²) >= 11 is 0. The lowest BCUT2D eigenvalue weighted by Gasteiger charge is -2.34. The number of imidazole rings is 1. The van der Waals surface area contributed by atoms with Gasteiger partial charge < -0.3 is 10.3 Å². The van der Waals surface area contributed by atoms with Crippen LogP contribution < -0.4 is 5.73 Å². The van der Waals surface area contributed by atoms with Crippen LogP contribution in [0, 0.1) is 11.8 Å². The molecule has 1 heterocycles. The smallest absolute Gasteiger partial charge is 0.0950 e. The molecule has 3 nitrogen and oxygen atoms in total. The third-order valence-corrected chi connectivity index (χ3v) is 4.41. The average molecular weight is 235 g/mol. The lowest BCUT2D eigenvalue weighted by atomic mass is 9.80. The maximum Gasteiger partial charge on any atom is 0.0950 e. The van der Waals surface area contributed by atoms with Crippen molar-refractivity contribution in [3.63, 3.8) is 0 Å². The van der Waals surface area contributed by atoms with Crippen LogP contribution in [0.1, 0.15) is 57.7 Å². The van der Waals surface area contributed by atoms with Gasteiger partial charge in [0, 0.05) is 30.4 Å². The molecule has 2 atom stereocenters. The number of hydrogen-bond acceptors (Lipinski definition) is 2. The average Bonchev–Trinajstić information content (AvgIpc) is 2.64. The molecular weight excluding hydrogens is 210 g/mol. The van der Waals surface area contributed by atoms with Crippen molar-refractivity contribution >= 4 is 0 Å². The zero-order valence-electron chi connectivity index (χ0n) is 11.3. The van der Waals surface area contributed by atoms with E-state index in [9.17, 15) is 0 Å². The van der Waals surface area contributed by atoms with Crippen molar-refractivity contribution in [3.05, 3.63) is 18.2 Å². The van der Waals surface area contributed by atoms with Crippen LogP contribution in [-0.4, -0.2) is 16.1 Å². The number of nitrogens with two attached hydrogens (primary N) is 1. The van der Waals surface area contributed by atoms with Gasteiger partial charge in [-0.2, -0.15) is 0 Å². The molecule has 96 valence electrons. The van der Waals surface area contributed by atoms with Crippen molar-refractivity contribution in [2.75, 3.05) is 6.54 Å². The first-order valence-electron chi connectivity index (χ1n) is 6.87. The third kappa shape index (κ3) is 2.39. The molecule has 0 aliphatic heterocycles. The second-order valence-corrected chi connectivity index (χ2v) is 5.74. The van der Waals surface area contributed by atoms with Gasteiger partial charge in [0.25, 0.3) is 0 Å². The van der Waals surface area contributed by atoms with Crippen molar-refractivity contribution in [1.29, 1.82) is 0 Å². The van der Waals surface area contributed by atoms with Crippen LogP contribution in [0.25, 0.3) is 0 Å². The lowest BCUT2D eigenvalue weighted by Crippen LogP contribution is -2.27. The molecule has 1 aliphatic rings. The Morgan fingerprint density at radius 3 is 2.59 bits per heavy atom. The molecule has 1 aliphatic carbocycles. The molecule has 0 radical (unpaired) electrons. The van der Waals surface area contributed by atoms with E-state index >= 15 is 0 Å². The molecule has 3 heteroatoms. The van der Waals surface area contributed by atoms with Gasteiger partial charge in [-0.1, -0.05) is 20.3 Å². The zero-order chi connectivity index (χ0) is 12.4. The van der Waals surface area contributed by atoms with E-state index in [4.69, 9.17) is 5.73 Å². The highest BCUT2D eigenvalue weighted by Gasteiger charge is 2.28. The van der Waals surface area contributed by atoms with Gasteiger partial charge in [0.15, 0.2) is 0 Å². The fourth-order valence-corrected chi connectivity index (χ4v) is 2.83. The van der Waals surface area contributed by atoms with Crippen LogP contribution in [0.15, 0.2) is 12.5 Å². The van der Waals surface area contributed by atoms with E-state index < -0.39 is 0 Å². The Balaban J connectivity index is 2.20. The van der Waals surface area contributed by atoms with Crippen molar-refractivity contribution < 1.29 is 0 Å². The van der Waals surface area contributed by atoms with Crippen molar-refractivity contribution in [2.45, 2.75) is 52.0 Å². The first-order valence-corrected chi connectivity index (χ1v) is 6.87. The van der Waals surface area contributed by atoms with E-state index in [0.717, 1.165) is 5.92 Å². The maximum atomic E-state index is 5.92. The Labute approximate surface area is 104 Å². The number of nitrogens with zero attached hydrogens (tertiary/aromatic N) is 2. The summed E-state index contributed by atoms with van der Waals surface area (Å²) in [5.41, 5.74) is 7.24. The second-order valence-electron chi connectivity index (χ2n) is 5.74. The fraction of sp³-hybridized carbons (Fsp3) is 0.786. The van der Waals surface area contributed by atoms with Crippen LogP contribution in [0.5, 0.6) is 0 Å². The Morgan fingerprint density at radius 1 is 1.41 bits per heavy atom. The summed E-state index contributed by atoms with van der Waals surface area (Å²) in [5, 5.41) is 0. The summed E-state index contributed by atoms with van der Waals surface area (Å²) in [6.45, 7) is 7.51. The Hall–Kier alpha value is -0.830. The molecule has 0 aromatic carbocycles. The minimum atomic E-state index is 0.431. The minimum Gasteiger partial charge on any atom is -0.331 e. The van der Waals surface area contributed by atoms with Crippen LogP contribution in [-0.2, 0) is 0 Å². The van der Waals surface area contributed by atoms with Crippen molar-refractivity contribution in [1.82, 2.24) is 9.55 Å². The van der Waals surface area contributed by atoms with E-state index in [0.29, 0.717) is 24.4 Å². The van der Waals surface area contributed by atoms with Gasteiger partial charge >= 0.3 is 0 Å². The van der Waals surface area contributed by atoms with E-state index in [1.165, 1.54) is 25.0 Å². The molecule has 1 aromatic rings. The monoisotopic (exact) mass is 235 g/mol. The molecule has 0 spiro atoms. The Morgan fingerprint density at radius 2 is 2.12 bits per heavy atom. The summed E-state index contributed by atoms with van der Waals surface area (Å²) in [4.78, 5) is 4.34. The van der Waals surface area contributed by atoms with Gasteiger partial charge in [0.1, 0.15) is 0 Å². The first kappa shape index (κ1) is 12.6. The van der Waals surface area contributed by atoms with Gasteiger partial charge in [-0.15, -0.1) is 0 Å². The summed E-state index contributed by atoms with van der Waals surface area (Å²) in [5.74, 6) is 1.85. The van der Waals surface area contributed by atoms with E-state index in [-0.39, 0.29) is 0 Å². The molecule has 2 N–H and O–H groups in total. The number of aromatic nitrogens is 2. The standard InChI is InChI=1S/C14H25N3/c1-10(2)13(7-15)14-8-16-9-17(14)11(3)12-5-4-6-12/h8-13H,4-7,15H2,1-3H3. The van der Waals surface area contributed by atoms with Gasteiger partial charge in [-0.3, -0.25) is 0 Å². The van der Waals surface area contributed by atoms with Crippen LogP contribution >= 0.6 is 0 Å². The molecule has 1 saturated carbocycles. The molecule has 17 heavy (non-hydrogen) atoms. The lowest BCUT2D eigenvalue weighted by molar-refractivity contribution is 0.216. The normalized spacial score (nSPS) is 20.3. The van der Waals surface area contributed by atoms with Gasteiger partial charge in [-0.25, -0.2) is 4.98 Å². The predicted molar refractivity (Wildman–Crippen MR) is 70.9 cm³/mol. The highest BCUT2D eigenvalue weighted by Crippen LogP contribution is 2.37. The molecule has 2 rings (SSSR count). The van der Waals surface area contributed by atoms with Gasteiger partial charge in [0.05, 0.1) is 6.33 Å². The Kier molecular flexibility index (Phi) is 3.87. The molecule has 1 aromatic heterocycles. The minimum absolute atomic E-state index is 0.431. The molecule has 1 fully saturated rings. The SMILES string of the molecule is CC(C)C(CN)c1cncn1C(C)C1CCC1. The summed E-state index contributed by atoms with van der Waals surface area (Å²) in [6, 6.07) is 0.578. The highest BCUT2D eigenvalue weighted by atomic mass is 15.1. The first-order chi connectivity index (χ1) is 8.15. The fourth-order valence-electron chi connectivity index (χ4n) is 2.83. The second kappa shape index (κ2) is 5.21. The molecular formula is C14H25N3. The summed E-state index contributed by atoms with van der Waals surface area (Å²) < 4.78 is 2.36. The molecule has 2 unspecified atom stereocenters. The van der Waals surface area contributed by atoms with Crippen LogP contribution in [0.3, 0.4) is 0 Å². The molecule has 0 bridgehead atoms. The topological polar surface area (TPSA) is 43.8 Å². The third-order valence-electron chi connectivity index (χ3n) is 4.41. The summed E-state index contributed by atoms with van der Waals surface area (Å²) in [7, 11) is 0. The highest BCUT2D eigenvalue weighted by molar-refractivity contribution is 5.10. The van der Waals surface area contributed by atoms with Gasteiger partial charge in [-0.05, 0) is 31.6 Å². The van der Waals surface area contributed by atoms with E-state index in [2.05, 4.69) is 30.3 Å². The largest absolute Gasteiger partial charge is 0.331 e. The zero-order valence-corrected chi connectivity index (χ0v) is 11.3. The maximum absolute atomic E-state index is 5.92. The number of rotatable bonds is 5. The molecule has 0 saturated heterocycles. The van der Waals surface area contributed by atoms with E-state index in [1.54, 1.807) is 0 Å².